The van der Waals surface area contributed by atoms with Gasteiger partial charge in [-0.25, -0.2) is 0 Å². The van der Waals surface area contributed by atoms with Crippen molar-refractivity contribution in [2.75, 3.05) is 6.61 Å². The molecule has 0 radical (unpaired) electrons. The van der Waals surface area contributed by atoms with Crippen molar-refractivity contribution in [3.63, 3.8) is 0 Å². The van der Waals surface area contributed by atoms with Gasteiger partial charge < -0.3 is 30.3 Å². The molecule has 19 heavy (non-hydrogen) atoms. The molecule has 1 fully saturated rings. The molecule has 0 amide bonds. The second-order valence-electron chi connectivity index (χ2n) is 4.69. The molecule has 2 rings (SSSR count). The van der Waals surface area contributed by atoms with Gasteiger partial charge in [-0.15, -0.1) is 0 Å². The molecule has 5 atom stereocenters. The van der Waals surface area contributed by atoms with E-state index in [1.54, 1.807) is 18.2 Å². The Labute approximate surface area is 109 Å². The highest BCUT2D eigenvalue weighted by atomic mass is 16.7. The summed E-state index contributed by atoms with van der Waals surface area (Å²) in [6, 6.07) is 7.95. The van der Waals surface area contributed by atoms with Gasteiger partial charge in [0.25, 0.3) is 0 Å². The van der Waals surface area contributed by atoms with Crippen LogP contribution in [-0.2, 0) is 10.3 Å². The Hall–Kier alpha value is -1.06. The summed E-state index contributed by atoms with van der Waals surface area (Å²) in [5.74, 6) is 0. The van der Waals surface area contributed by atoms with Gasteiger partial charge in [-0.05, 0) is 5.56 Å². The molecule has 0 spiro atoms. The zero-order chi connectivity index (χ0) is 14.3. The van der Waals surface area contributed by atoms with Crippen LogP contribution in [0, 0.1) is 0 Å². The second kappa shape index (κ2) is 4.80. The normalized spacial score (nSPS) is 38.1. The fourth-order valence-electron chi connectivity index (χ4n) is 2.25. The number of aliphatic hydroxyl groups excluding tert-OH is 3. The van der Waals surface area contributed by atoms with E-state index in [9.17, 15) is 25.5 Å². The smallest absolute Gasteiger partial charge is 0.185 e. The van der Waals surface area contributed by atoms with Crippen molar-refractivity contribution < 1.29 is 30.3 Å². The SMILES string of the molecule is N[C@]1(O)[C@H](O)C(O)O[C@@H]1[C@](O)(CO)c1ccccc1. The molecule has 0 aromatic heterocycles. The third-order valence-corrected chi connectivity index (χ3v) is 3.39. The maximum atomic E-state index is 10.5. The molecule has 1 unspecified atom stereocenters. The molecule has 0 aliphatic carbocycles. The van der Waals surface area contributed by atoms with E-state index in [2.05, 4.69) is 0 Å². The summed E-state index contributed by atoms with van der Waals surface area (Å²) in [6.07, 6.45) is -5.13. The van der Waals surface area contributed by atoms with Crippen molar-refractivity contribution in [1.29, 1.82) is 0 Å². The summed E-state index contributed by atoms with van der Waals surface area (Å²) in [5, 5.41) is 48.9. The molecular weight excluding hydrogens is 254 g/mol. The molecule has 1 aliphatic heterocycles. The quantitative estimate of drug-likeness (QED) is 0.337. The van der Waals surface area contributed by atoms with E-state index in [-0.39, 0.29) is 5.56 Å². The van der Waals surface area contributed by atoms with Gasteiger partial charge in [0.15, 0.2) is 12.0 Å². The predicted molar refractivity (Wildman–Crippen MR) is 63.4 cm³/mol. The van der Waals surface area contributed by atoms with Crippen LogP contribution in [0.3, 0.4) is 0 Å². The standard InChI is InChI=1S/C12H17NO6/c13-12(18)8(15)9(16)19-10(12)11(17,6-14)7-4-2-1-3-5-7/h1-5,8-10,14-18H,6,13H2/t8-,9?,10-,11+,12+/m1/s1. The fraction of sp³-hybridized carbons (Fsp3) is 0.500. The summed E-state index contributed by atoms with van der Waals surface area (Å²) in [4.78, 5) is 0. The van der Waals surface area contributed by atoms with E-state index in [1.165, 1.54) is 12.1 Å². The van der Waals surface area contributed by atoms with Crippen molar-refractivity contribution in [2.45, 2.75) is 29.8 Å². The molecule has 0 saturated carbocycles. The fourth-order valence-corrected chi connectivity index (χ4v) is 2.25. The van der Waals surface area contributed by atoms with Crippen molar-refractivity contribution >= 4 is 0 Å². The zero-order valence-electron chi connectivity index (χ0n) is 10.0. The molecule has 1 heterocycles. The summed E-state index contributed by atoms with van der Waals surface area (Å²) in [6.45, 7) is -0.805. The lowest BCUT2D eigenvalue weighted by atomic mass is 9.83. The Morgan fingerprint density at radius 3 is 2.26 bits per heavy atom. The molecule has 1 aromatic rings. The third kappa shape index (κ3) is 2.15. The van der Waals surface area contributed by atoms with Gasteiger partial charge in [0.1, 0.15) is 17.8 Å². The first kappa shape index (κ1) is 14.4. The van der Waals surface area contributed by atoms with Crippen LogP contribution in [0.1, 0.15) is 5.56 Å². The maximum Gasteiger partial charge on any atom is 0.185 e. The van der Waals surface area contributed by atoms with Gasteiger partial charge in [0, 0.05) is 0 Å². The molecule has 1 saturated heterocycles. The number of hydrogen-bond acceptors (Lipinski definition) is 7. The van der Waals surface area contributed by atoms with Crippen LogP contribution in [-0.4, -0.2) is 56.4 Å². The Kier molecular flexibility index (Phi) is 3.63. The first-order valence-electron chi connectivity index (χ1n) is 5.75. The Bertz CT molecular complexity index is 439. The number of aliphatic hydroxyl groups is 5. The van der Waals surface area contributed by atoms with Crippen LogP contribution in [0.5, 0.6) is 0 Å². The lowest BCUT2D eigenvalue weighted by Gasteiger charge is -2.38. The van der Waals surface area contributed by atoms with Gasteiger partial charge in [-0.1, -0.05) is 30.3 Å². The monoisotopic (exact) mass is 271 g/mol. The molecular formula is C12H17NO6. The van der Waals surface area contributed by atoms with Crippen molar-refractivity contribution in [3.05, 3.63) is 35.9 Å². The topological polar surface area (TPSA) is 136 Å². The van der Waals surface area contributed by atoms with E-state index < -0.39 is 36.4 Å². The number of rotatable bonds is 3. The maximum absolute atomic E-state index is 10.5. The zero-order valence-corrected chi connectivity index (χ0v) is 10.0. The Morgan fingerprint density at radius 2 is 1.84 bits per heavy atom. The van der Waals surface area contributed by atoms with E-state index >= 15 is 0 Å². The first-order chi connectivity index (χ1) is 8.84. The predicted octanol–water partition coefficient (Wildman–Crippen LogP) is -2.41. The van der Waals surface area contributed by atoms with Crippen LogP contribution in [0.15, 0.2) is 30.3 Å². The number of hydrogen-bond donors (Lipinski definition) is 6. The third-order valence-electron chi connectivity index (χ3n) is 3.39. The van der Waals surface area contributed by atoms with E-state index in [4.69, 9.17) is 10.5 Å². The lowest BCUT2D eigenvalue weighted by molar-refractivity contribution is -0.202. The van der Waals surface area contributed by atoms with E-state index in [0.717, 1.165) is 0 Å². The van der Waals surface area contributed by atoms with Crippen LogP contribution >= 0.6 is 0 Å². The number of benzene rings is 1. The minimum Gasteiger partial charge on any atom is -0.393 e. The van der Waals surface area contributed by atoms with Crippen molar-refractivity contribution in [3.8, 4) is 0 Å². The summed E-state index contributed by atoms with van der Waals surface area (Å²) < 4.78 is 4.92. The molecule has 7 N–H and O–H groups in total. The van der Waals surface area contributed by atoms with Gasteiger partial charge in [0.2, 0.25) is 0 Å². The molecule has 7 nitrogen and oxygen atoms in total. The van der Waals surface area contributed by atoms with Gasteiger partial charge in [0.05, 0.1) is 6.61 Å². The minimum absolute atomic E-state index is 0.243. The summed E-state index contributed by atoms with van der Waals surface area (Å²) >= 11 is 0. The lowest BCUT2D eigenvalue weighted by Crippen LogP contribution is -2.63. The minimum atomic E-state index is -2.40. The van der Waals surface area contributed by atoms with E-state index in [1.807, 2.05) is 0 Å². The average Bonchev–Trinajstić information content (AvgIpc) is 2.63. The second-order valence-corrected chi connectivity index (χ2v) is 4.69. The molecule has 106 valence electrons. The molecule has 1 aromatic carbocycles. The largest absolute Gasteiger partial charge is 0.393 e. The van der Waals surface area contributed by atoms with Gasteiger partial charge >= 0.3 is 0 Å². The molecule has 1 aliphatic rings. The van der Waals surface area contributed by atoms with Crippen LogP contribution < -0.4 is 5.73 Å². The van der Waals surface area contributed by atoms with E-state index in [0.29, 0.717) is 0 Å². The van der Waals surface area contributed by atoms with Crippen molar-refractivity contribution in [2.24, 2.45) is 5.73 Å². The summed E-state index contributed by atoms with van der Waals surface area (Å²) in [7, 11) is 0. The molecule has 7 heteroatoms. The van der Waals surface area contributed by atoms with Crippen LogP contribution in [0.2, 0.25) is 0 Å². The van der Waals surface area contributed by atoms with Gasteiger partial charge in [-0.3, -0.25) is 5.73 Å². The highest BCUT2D eigenvalue weighted by Gasteiger charge is 2.61. The summed E-state index contributed by atoms with van der Waals surface area (Å²) in [5.41, 5.74) is 1.30. The number of nitrogens with two attached hydrogens (primary N) is 1. The van der Waals surface area contributed by atoms with Crippen LogP contribution in [0.4, 0.5) is 0 Å². The average molecular weight is 271 g/mol. The Balaban J connectivity index is 2.43. The highest BCUT2D eigenvalue weighted by molar-refractivity contribution is 5.26. The molecule has 0 bridgehead atoms. The highest BCUT2D eigenvalue weighted by Crippen LogP contribution is 2.38. The van der Waals surface area contributed by atoms with Crippen molar-refractivity contribution in [1.82, 2.24) is 0 Å². The van der Waals surface area contributed by atoms with Gasteiger partial charge in [-0.2, -0.15) is 0 Å². The Morgan fingerprint density at radius 1 is 1.26 bits per heavy atom. The number of ether oxygens (including phenoxy) is 1. The first-order valence-corrected chi connectivity index (χ1v) is 5.75. The van der Waals surface area contributed by atoms with Crippen LogP contribution in [0.25, 0.3) is 0 Å².